The quantitative estimate of drug-likeness (QED) is 0.780. The van der Waals surface area contributed by atoms with Crippen LogP contribution in [0.15, 0.2) is 18.2 Å². The van der Waals surface area contributed by atoms with Crippen LogP contribution in [0, 0.1) is 12.7 Å². The van der Waals surface area contributed by atoms with Crippen LogP contribution >= 0.6 is 0 Å². The molecule has 0 radical (unpaired) electrons. The van der Waals surface area contributed by atoms with Gasteiger partial charge in [0.1, 0.15) is 5.82 Å². The van der Waals surface area contributed by atoms with Crippen LogP contribution in [-0.2, 0) is 0 Å². The Morgan fingerprint density at radius 2 is 2.31 bits per heavy atom. The highest BCUT2D eigenvalue weighted by Gasteiger charge is 2.25. The summed E-state index contributed by atoms with van der Waals surface area (Å²) in [7, 11) is 0. The Balaban J connectivity index is 2.18. The number of hydrogen-bond donors (Lipinski definition) is 1. The van der Waals surface area contributed by atoms with Crippen LogP contribution in [0.1, 0.15) is 22.3 Å². The minimum Gasteiger partial charge on any atom is -0.391 e. The van der Waals surface area contributed by atoms with E-state index in [0.717, 1.165) is 0 Å². The van der Waals surface area contributed by atoms with E-state index in [0.29, 0.717) is 30.6 Å². The van der Waals surface area contributed by atoms with E-state index in [9.17, 15) is 14.3 Å². The lowest BCUT2D eigenvalue weighted by Crippen LogP contribution is -2.29. The maximum atomic E-state index is 13.3. The molecule has 1 aromatic rings. The SMILES string of the molecule is Cc1ccc(C(=O)N2CCC(O)C2)cc1F. The second-order valence-electron chi connectivity index (χ2n) is 4.16. The molecule has 16 heavy (non-hydrogen) atoms. The molecule has 0 bridgehead atoms. The first kappa shape index (κ1) is 11.1. The largest absolute Gasteiger partial charge is 0.391 e. The molecule has 4 heteroatoms. The van der Waals surface area contributed by atoms with Gasteiger partial charge in [-0.25, -0.2) is 4.39 Å². The summed E-state index contributed by atoms with van der Waals surface area (Å²) in [6.45, 7) is 2.53. The Morgan fingerprint density at radius 1 is 1.56 bits per heavy atom. The number of likely N-dealkylation sites (tertiary alicyclic amines) is 1. The Labute approximate surface area is 93.5 Å². The van der Waals surface area contributed by atoms with Gasteiger partial charge in [0.05, 0.1) is 6.10 Å². The fraction of sp³-hybridized carbons (Fsp3) is 0.417. The molecule has 86 valence electrons. The molecule has 1 unspecified atom stereocenters. The fourth-order valence-electron chi connectivity index (χ4n) is 1.83. The number of aliphatic hydroxyl groups is 1. The summed E-state index contributed by atoms with van der Waals surface area (Å²) < 4.78 is 13.3. The van der Waals surface area contributed by atoms with Gasteiger partial charge in [-0.05, 0) is 31.0 Å². The highest BCUT2D eigenvalue weighted by molar-refractivity contribution is 5.94. The average molecular weight is 223 g/mol. The van der Waals surface area contributed by atoms with Crippen LogP contribution < -0.4 is 0 Å². The minimum absolute atomic E-state index is 0.213. The lowest BCUT2D eigenvalue weighted by molar-refractivity contribution is 0.0764. The molecule has 1 saturated heterocycles. The second-order valence-corrected chi connectivity index (χ2v) is 4.16. The van der Waals surface area contributed by atoms with E-state index in [4.69, 9.17) is 0 Å². The molecule has 2 rings (SSSR count). The molecule has 0 spiro atoms. The highest BCUT2D eigenvalue weighted by atomic mass is 19.1. The van der Waals surface area contributed by atoms with Crippen molar-refractivity contribution in [1.29, 1.82) is 0 Å². The Bertz CT molecular complexity index is 419. The number of β-amino-alcohol motifs (C(OH)–C–C–N with tert-alkyl or cyclic N) is 1. The number of benzene rings is 1. The third-order valence-electron chi connectivity index (χ3n) is 2.87. The van der Waals surface area contributed by atoms with E-state index in [1.54, 1.807) is 24.0 Å². The normalized spacial score (nSPS) is 20.2. The summed E-state index contributed by atoms with van der Waals surface area (Å²) in [5.41, 5.74) is 0.871. The molecule has 0 saturated carbocycles. The number of halogens is 1. The van der Waals surface area contributed by atoms with Crippen molar-refractivity contribution in [2.24, 2.45) is 0 Å². The number of rotatable bonds is 1. The van der Waals surface area contributed by atoms with Crippen molar-refractivity contribution in [3.8, 4) is 0 Å². The van der Waals surface area contributed by atoms with E-state index in [2.05, 4.69) is 0 Å². The van der Waals surface area contributed by atoms with Gasteiger partial charge in [0.2, 0.25) is 0 Å². The van der Waals surface area contributed by atoms with Crippen molar-refractivity contribution >= 4 is 5.91 Å². The smallest absolute Gasteiger partial charge is 0.254 e. The number of aryl methyl sites for hydroxylation is 1. The first-order chi connectivity index (χ1) is 7.58. The number of carbonyl (C=O) groups excluding carboxylic acids is 1. The molecule has 1 aromatic carbocycles. The standard InChI is InChI=1S/C12H14FNO2/c1-8-2-3-9(6-11(8)13)12(16)14-5-4-10(15)7-14/h2-3,6,10,15H,4-5,7H2,1H3. The molecule has 1 atom stereocenters. The monoisotopic (exact) mass is 223 g/mol. The van der Waals surface area contributed by atoms with Gasteiger partial charge in [0.25, 0.3) is 5.91 Å². The molecule has 1 amide bonds. The van der Waals surface area contributed by atoms with Gasteiger partial charge < -0.3 is 10.0 Å². The zero-order valence-electron chi connectivity index (χ0n) is 9.11. The zero-order valence-corrected chi connectivity index (χ0v) is 9.11. The summed E-state index contributed by atoms with van der Waals surface area (Å²) in [5, 5.41) is 9.33. The summed E-state index contributed by atoms with van der Waals surface area (Å²) in [6.07, 6.45) is 0.152. The van der Waals surface area contributed by atoms with E-state index in [1.165, 1.54) is 6.07 Å². The van der Waals surface area contributed by atoms with Crippen molar-refractivity contribution < 1.29 is 14.3 Å². The van der Waals surface area contributed by atoms with Gasteiger partial charge in [0.15, 0.2) is 0 Å². The average Bonchev–Trinajstić information content (AvgIpc) is 2.68. The number of carbonyl (C=O) groups is 1. The predicted molar refractivity (Wildman–Crippen MR) is 57.7 cm³/mol. The predicted octanol–water partition coefficient (Wildman–Crippen LogP) is 1.34. The molecular formula is C12H14FNO2. The number of amides is 1. The van der Waals surface area contributed by atoms with Crippen LogP contribution in [0.25, 0.3) is 0 Å². The van der Waals surface area contributed by atoms with Crippen molar-refractivity contribution in [3.05, 3.63) is 35.1 Å². The molecular weight excluding hydrogens is 209 g/mol. The molecule has 1 fully saturated rings. The third kappa shape index (κ3) is 2.07. The number of nitrogens with zero attached hydrogens (tertiary/aromatic N) is 1. The van der Waals surface area contributed by atoms with Crippen LogP contribution in [0.4, 0.5) is 4.39 Å². The van der Waals surface area contributed by atoms with Gasteiger partial charge in [-0.1, -0.05) is 6.07 Å². The number of hydrogen-bond acceptors (Lipinski definition) is 2. The molecule has 1 heterocycles. The van der Waals surface area contributed by atoms with Gasteiger partial charge in [-0.15, -0.1) is 0 Å². The molecule has 1 N–H and O–H groups in total. The lowest BCUT2D eigenvalue weighted by Gasteiger charge is -2.15. The molecule has 0 aliphatic carbocycles. The highest BCUT2D eigenvalue weighted by Crippen LogP contribution is 2.15. The van der Waals surface area contributed by atoms with E-state index in [-0.39, 0.29) is 11.7 Å². The van der Waals surface area contributed by atoms with Crippen LogP contribution in [-0.4, -0.2) is 35.1 Å². The zero-order chi connectivity index (χ0) is 11.7. The summed E-state index contributed by atoms with van der Waals surface area (Å²) in [5.74, 6) is -0.582. The van der Waals surface area contributed by atoms with Crippen molar-refractivity contribution in [1.82, 2.24) is 4.90 Å². The Morgan fingerprint density at radius 3 is 2.88 bits per heavy atom. The molecule has 0 aromatic heterocycles. The minimum atomic E-state index is -0.445. The lowest BCUT2D eigenvalue weighted by atomic mass is 10.1. The third-order valence-corrected chi connectivity index (χ3v) is 2.87. The molecule has 1 aliphatic rings. The topological polar surface area (TPSA) is 40.5 Å². The maximum absolute atomic E-state index is 13.3. The van der Waals surface area contributed by atoms with Gasteiger partial charge in [-0.2, -0.15) is 0 Å². The maximum Gasteiger partial charge on any atom is 0.254 e. The van der Waals surface area contributed by atoms with Crippen molar-refractivity contribution in [3.63, 3.8) is 0 Å². The van der Waals surface area contributed by atoms with Gasteiger partial charge in [-0.3, -0.25) is 4.79 Å². The first-order valence-electron chi connectivity index (χ1n) is 5.31. The fourth-order valence-corrected chi connectivity index (χ4v) is 1.83. The van der Waals surface area contributed by atoms with E-state index >= 15 is 0 Å². The Hall–Kier alpha value is -1.42. The Kier molecular flexibility index (Phi) is 2.92. The van der Waals surface area contributed by atoms with E-state index in [1.807, 2.05) is 0 Å². The number of aliphatic hydroxyl groups excluding tert-OH is 1. The summed E-state index contributed by atoms with van der Waals surface area (Å²) in [4.78, 5) is 13.5. The van der Waals surface area contributed by atoms with Crippen LogP contribution in [0.3, 0.4) is 0 Å². The first-order valence-corrected chi connectivity index (χ1v) is 5.31. The van der Waals surface area contributed by atoms with Gasteiger partial charge in [0, 0.05) is 18.7 Å². The van der Waals surface area contributed by atoms with Crippen molar-refractivity contribution in [2.45, 2.75) is 19.4 Å². The second kappa shape index (κ2) is 4.22. The van der Waals surface area contributed by atoms with Gasteiger partial charge >= 0.3 is 0 Å². The van der Waals surface area contributed by atoms with Crippen molar-refractivity contribution in [2.75, 3.05) is 13.1 Å². The molecule has 1 aliphatic heterocycles. The van der Waals surface area contributed by atoms with Crippen LogP contribution in [0.5, 0.6) is 0 Å². The van der Waals surface area contributed by atoms with Crippen LogP contribution in [0.2, 0.25) is 0 Å². The molecule has 3 nitrogen and oxygen atoms in total. The summed E-state index contributed by atoms with van der Waals surface area (Å²) in [6, 6.07) is 4.46. The van der Waals surface area contributed by atoms with E-state index < -0.39 is 6.10 Å². The summed E-state index contributed by atoms with van der Waals surface area (Å²) >= 11 is 0.